The molecule has 31 heavy (non-hydrogen) atoms. The summed E-state index contributed by atoms with van der Waals surface area (Å²) < 4.78 is 5.48. The average molecular weight is 422 g/mol. The Labute approximate surface area is 181 Å². The number of carboxylic acids is 1. The van der Waals surface area contributed by atoms with E-state index in [0.717, 1.165) is 41.5 Å². The smallest absolute Gasteiger partial charge is 0.407 e. The maximum atomic E-state index is 12.7. The minimum atomic E-state index is -1.14. The van der Waals surface area contributed by atoms with E-state index in [1.165, 1.54) is 0 Å². The molecule has 2 aromatic rings. The molecular formula is C24H26N2O5. The molecule has 2 amide bonds. The van der Waals surface area contributed by atoms with Crippen LogP contribution in [0.2, 0.25) is 0 Å². The Morgan fingerprint density at radius 2 is 1.55 bits per heavy atom. The Morgan fingerprint density at radius 1 is 0.968 bits per heavy atom. The summed E-state index contributed by atoms with van der Waals surface area (Å²) in [5, 5.41) is 11.7. The predicted octanol–water partition coefficient (Wildman–Crippen LogP) is 3.38. The van der Waals surface area contributed by atoms with Gasteiger partial charge in [0, 0.05) is 19.0 Å². The molecule has 0 unspecified atom stereocenters. The third kappa shape index (κ3) is 4.55. The summed E-state index contributed by atoms with van der Waals surface area (Å²) in [5.74, 6) is -1.61. The topological polar surface area (TPSA) is 95.9 Å². The number of rotatable bonds is 6. The summed E-state index contributed by atoms with van der Waals surface area (Å²) in [6.45, 7) is 1.28. The average Bonchev–Trinajstić information content (AvgIpc) is 3.11. The molecule has 1 atom stereocenters. The minimum absolute atomic E-state index is 0.103. The van der Waals surface area contributed by atoms with Crippen LogP contribution in [0.15, 0.2) is 48.5 Å². The SMILES string of the molecule is O=C(O)C[C@H](NC(=O)OCC1c2ccccc2-c2ccccc21)C(=O)N1CCCCC1. The molecule has 0 saturated carbocycles. The molecule has 0 radical (unpaired) electrons. The van der Waals surface area contributed by atoms with Crippen molar-refractivity contribution in [2.24, 2.45) is 0 Å². The Kier molecular flexibility index (Phi) is 6.21. The van der Waals surface area contributed by atoms with E-state index in [4.69, 9.17) is 4.74 Å². The van der Waals surface area contributed by atoms with Crippen molar-refractivity contribution in [2.75, 3.05) is 19.7 Å². The lowest BCUT2D eigenvalue weighted by Gasteiger charge is -2.30. The normalized spacial score (nSPS) is 16.2. The van der Waals surface area contributed by atoms with Gasteiger partial charge < -0.3 is 20.1 Å². The first-order valence-electron chi connectivity index (χ1n) is 10.7. The molecule has 0 spiro atoms. The second kappa shape index (κ2) is 9.20. The van der Waals surface area contributed by atoms with Crippen LogP contribution in [-0.2, 0) is 14.3 Å². The molecule has 1 saturated heterocycles. The van der Waals surface area contributed by atoms with Crippen LogP contribution < -0.4 is 5.32 Å². The number of hydrogen-bond donors (Lipinski definition) is 2. The molecule has 1 aliphatic carbocycles. The molecule has 0 bridgehead atoms. The van der Waals surface area contributed by atoms with Crippen molar-refractivity contribution < 1.29 is 24.2 Å². The fourth-order valence-corrected chi connectivity index (χ4v) is 4.49. The van der Waals surface area contributed by atoms with E-state index >= 15 is 0 Å². The quantitative estimate of drug-likeness (QED) is 0.744. The number of carboxylic acid groups (broad SMARTS) is 1. The van der Waals surface area contributed by atoms with Gasteiger partial charge >= 0.3 is 12.1 Å². The molecular weight excluding hydrogens is 396 g/mol. The van der Waals surface area contributed by atoms with Crippen molar-refractivity contribution in [3.8, 4) is 11.1 Å². The Morgan fingerprint density at radius 3 is 2.13 bits per heavy atom. The number of likely N-dealkylation sites (tertiary alicyclic amines) is 1. The summed E-state index contributed by atoms with van der Waals surface area (Å²) in [6, 6.07) is 14.9. The van der Waals surface area contributed by atoms with Crippen LogP contribution in [0.5, 0.6) is 0 Å². The number of carbonyl (C=O) groups excluding carboxylic acids is 2. The Hall–Kier alpha value is -3.35. The molecule has 2 N–H and O–H groups in total. The largest absolute Gasteiger partial charge is 0.481 e. The van der Waals surface area contributed by atoms with Crippen molar-refractivity contribution in [1.29, 1.82) is 0 Å². The number of nitrogens with zero attached hydrogens (tertiary/aromatic N) is 1. The lowest BCUT2D eigenvalue weighted by Crippen LogP contribution is -2.51. The van der Waals surface area contributed by atoms with Gasteiger partial charge in [0.15, 0.2) is 0 Å². The van der Waals surface area contributed by atoms with Gasteiger partial charge in [-0.1, -0.05) is 48.5 Å². The van der Waals surface area contributed by atoms with Crippen LogP contribution in [-0.4, -0.2) is 53.7 Å². The van der Waals surface area contributed by atoms with Gasteiger partial charge in [0.25, 0.3) is 0 Å². The van der Waals surface area contributed by atoms with Crippen LogP contribution in [0.25, 0.3) is 11.1 Å². The van der Waals surface area contributed by atoms with E-state index in [9.17, 15) is 19.5 Å². The van der Waals surface area contributed by atoms with Crippen molar-refractivity contribution >= 4 is 18.0 Å². The number of hydrogen-bond acceptors (Lipinski definition) is 4. The minimum Gasteiger partial charge on any atom is -0.481 e. The first kappa shape index (κ1) is 20.9. The van der Waals surface area contributed by atoms with Crippen LogP contribution in [0.4, 0.5) is 4.79 Å². The highest BCUT2D eigenvalue weighted by Crippen LogP contribution is 2.44. The molecule has 1 fully saturated rings. The number of fused-ring (bicyclic) bond motifs is 3. The molecule has 1 aliphatic heterocycles. The van der Waals surface area contributed by atoms with Gasteiger partial charge in [0.1, 0.15) is 12.6 Å². The molecule has 162 valence electrons. The second-order valence-electron chi connectivity index (χ2n) is 8.01. The third-order valence-corrected chi connectivity index (χ3v) is 5.98. The third-order valence-electron chi connectivity index (χ3n) is 5.98. The van der Waals surface area contributed by atoms with Gasteiger partial charge in [-0.3, -0.25) is 9.59 Å². The highest BCUT2D eigenvalue weighted by Gasteiger charge is 2.31. The van der Waals surface area contributed by atoms with Crippen molar-refractivity contribution in [3.63, 3.8) is 0 Å². The van der Waals surface area contributed by atoms with E-state index in [1.54, 1.807) is 4.90 Å². The summed E-state index contributed by atoms with van der Waals surface area (Å²) in [4.78, 5) is 38.1. The number of amides is 2. The fourth-order valence-electron chi connectivity index (χ4n) is 4.49. The molecule has 4 rings (SSSR count). The monoisotopic (exact) mass is 422 g/mol. The number of alkyl carbamates (subject to hydrolysis) is 1. The van der Waals surface area contributed by atoms with E-state index in [0.29, 0.717) is 13.1 Å². The molecule has 1 heterocycles. The maximum Gasteiger partial charge on any atom is 0.407 e. The standard InChI is InChI=1S/C24H26N2O5/c27-22(28)14-21(23(29)26-12-6-1-7-13-26)25-24(30)31-15-20-18-10-4-2-8-16(18)17-9-3-5-11-19(17)20/h2-5,8-11,20-21H,1,6-7,12-15H2,(H,25,30)(H,27,28)/t21-/m0/s1. The van der Waals surface area contributed by atoms with E-state index in [2.05, 4.69) is 17.4 Å². The molecule has 0 aromatic heterocycles. The zero-order valence-electron chi connectivity index (χ0n) is 17.3. The predicted molar refractivity (Wildman–Crippen MR) is 115 cm³/mol. The Balaban J connectivity index is 1.43. The molecule has 7 heteroatoms. The van der Waals surface area contributed by atoms with E-state index < -0.39 is 24.5 Å². The number of aliphatic carboxylic acids is 1. The van der Waals surface area contributed by atoms with Crippen LogP contribution >= 0.6 is 0 Å². The zero-order chi connectivity index (χ0) is 21.8. The van der Waals surface area contributed by atoms with Crippen molar-refractivity contribution in [3.05, 3.63) is 59.7 Å². The lowest BCUT2D eigenvalue weighted by molar-refractivity contribution is -0.142. The summed E-state index contributed by atoms with van der Waals surface area (Å²) in [5.41, 5.74) is 4.42. The van der Waals surface area contributed by atoms with Gasteiger partial charge in [-0.05, 0) is 41.5 Å². The van der Waals surface area contributed by atoms with E-state index in [-0.39, 0.29) is 18.4 Å². The van der Waals surface area contributed by atoms with Crippen molar-refractivity contribution in [1.82, 2.24) is 10.2 Å². The number of nitrogens with one attached hydrogen (secondary N) is 1. The maximum absolute atomic E-state index is 12.7. The summed E-state index contributed by atoms with van der Waals surface area (Å²) in [6.07, 6.45) is 1.57. The van der Waals surface area contributed by atoms with Gasteiger partial charge in [0.2, 0.25) is 5.91 Å². The number of piperidine rings is 1. The van der Waals surface area contributed by atoms with Gasteiger partial charge in [-0.15, -0.1) is 0 Å². The van der Waals surface area contributed by atoms with Gasteiger partial charge in [-0.2, -0.15) is 0 Å². The lowest BCUT2D eigenvalue weighted by atomic mass is 9.98. The van der Waals surface area contributed by atoms with Gasteiger partial charge in [-0.25, -0.2) is 4.79 Å². The van der Waals surface area contributed by atoms with E-state index in [1.807, 2.05) is 36.4 Å². The van der Waals surface area contributed by atoms with Crippen LogP contribution in [0.3, 0.4) is 0 Å². The van der Waals surface area contributed by atoms with Crippen LogP contribution in [0.1, 0.15) is 42.7 Å². The summed E-state index contributed by atoms with van der Waals surface area (Å²) >= 11 is 0. The molecule has 2 aromatic carbocycles. The number of carbonyl (C=O) groups is 3. The number of ether oxygens (including phenoxy) is 1. The molecule has 2 aliphatic rings. The Bertz CT molecular complexity index is 938. The fraction of sp³-hybridized carbons (Fsp3) is 0.375. The summed E-state index contributed by atoms with van der Waals surface area (Å²) in [7, 11) is 0. The van der Waals surface area contributed by atoms with Gasteiger partial charge in [0.05, 0.1) is 6.42 Å². The van der Waals surface area contributed by atoms with Crippen LogP contribution in [0, 0.1) is 0 Å². The number of benzene rings is 2. The highest BCUT2D eigenvalue weighted by molar-refractivity contribution is 5.89. The first-order valence-corrected chi connectivity index (χ1v) is 10.7. The van der Waals surface area contributed by atoms with Crippen molar-refractivity contribution in [2.45, 2.75) is 37.6 Å². The zero-order valence-corrected chi connectivity index (χ0v) is 17.3. The first-order chi connectivity index (χ1) is 15.0. The molecule has 7 nitrogen and oxygen atoms in total. The second-order valence-corrected chi connectivity index (χ2v) is 8.01. The highest BCUT2D eigenvalue weighted by atomic mass is 16.5.